The standard InChI is InChI=1S/C18H23N5O4S2/c19-17(24)12-6-9-22(10-7-12)18(25)13-3-2-8-23(11-13)29(26,27)15-5-1-4-14-16(15)21-28-20-14/h1,4-5,12-13H,2-3,6-11H2,(H2,19,24)/t13-/m0/s1. The van der Waals surface area contributed by atoms with Crippen LogP contribution in [-0.2, 0) is 19.6 Å². The Kier molecular flexibility index (Phi) is 5.54. The minimum Gasteiger partial charge on any atom is -0.369 e. The first kappa shape index (κ1) is 20.2. The maximum absolute atomic E-state index is 13.2. The topological polar surface area (TPSA) is 127 Å². The molecule has 11 heteroatoms. The monoisotopic (exact) mass is 437 g/mol. The highest BCUT2D eigenvalue weighted by molar-refractivity contribution is 7.89. The third kappa shape index (κ3) is 3.86. The molecule has 0 spiro atoms. The molecule has 1 aromatic carbocycles. The summed E-state index contributed by atoms with van der Waals surface area (Å²) >= 11 is 0.980. The van der Waals surface area contributed by atoms with Crippen molar-refractivity contribution in [1.29, 1.82) is 0 Å². The molecule has 9 nitrogen and oxygen atoms in total. The van der Waals surface area contributed by atoms with Gasteiger partial charge in [-0.3, -0.25) is 9.59 Å². The summed E-state index contributed by atoms with van der Waals surface area (Å²) in [5, 5.41) is 0. The molecule has 0 bridgehead atoms. The van der Waals surface area contributed by atoms with E-state index in [0.29, 0.717) is 56.4 Å². The normalized spacial score (nSPS) is 22.1. The van der Waals surface area contributed by atoms with Crippen molar-refractivity contribution < 1.29 is 18.0 Å². The fraction of sp³-hybridized carbons (Fsp3) is 0.556. The number of likely N-dealkylation sites (tertiary alicyclic amines) is 1. The summed E-state index contributed by atoms with van der Waals surface area (Å²) < 4.78 is 36.1. The second-order valence-electron chi connectivity index (χ2n) is 7.59. The van der Waals surface area contributed by atoms with Crippen molar-refractivity contribution in [1.82, 2.24) is 18.0 Å². The molecule has 2 aliphatic rings. The molecule has 29 heavy (non-hydrogen) atoms. The highest BCUT2D eigenvalue weighted by Crippen LogP contribution is 2.29. The van der Waals surface area contributed by atoms with Crippen LogP contribution >= 0.6 is 11.7 Å². The Labute approximate surface area is 173 Å². The van der Waals surface area contributed by atoms with Gasteiger partial charge in [0.15, 0.2) is 0 Å². The molecule has 4 rings (SSSR count). The molecule has 2 aromatic rings. The van der Waals surface area contributed by atoms with Crippen molar-refractivity contribution in [2.75, 3.05) is 26.2 Å². The minimum absolute atomic E-state index is 0.0404. The van der Waals surface area contributed by atoms with E-state index in [1.165, 1.54) is 4.31 Å². The quantitative estimate of drug-likeness (QED) is 0.754. The highest BCUT2D eigenvalue weighted by Gasteiger charge is 2.37. The second-order valence-corrected chi connectivity index (χ2v) is 10.0. The Morgan fingerprint density at radius 1 is 1.07 bits per heavy atom. The lowest BCUT2D eigenvalue weighted by atomic mass is 9.93. The van der Waals surface area contributed by atoms with Crippen molar-refractivity contribution in [2.24, 2.45) is 17.6 Å². The third-order valence-corrected chi connectivity index (χ3v) is 8.25. The number of hydrogen-bond donors (Lipinski definition) is 1. The van der Waals surface area contributed by atoms with Crippen LogP contribution < -0.4 is 5.73 Å². The average Bonchev–Trinajstić information content (AvgIpc) is 3.22. The number of benzene rings is 1. The van der Waals surface area contributed by atoms with Gasteiger partial charge in [-0.15, -0.1) is 0 Å². The number of fused-ring (bicyclic) bond motifs is 1. The van der Waals surface area contributed by atoms with E-state index in [9.17, 15) is 18.0 Å². The van der Waals surface area contributed by atoms with Crippen LogP contribution in [0.5, 0.6) is 0 Å². The molecule has 1 aromatic heterocycles. The van der Waals surface area contributed by atoms with Gasteiger partial charge in [-0.2, -0.15) is 13.1 Å². The van der Waals surface area contributed by atoms with Gasteiger partial charge in [0.25, 0.3) is 0 Å². The zero-order chi connectivity index (χ0) is 20.6. The molecule has 3 heterocycles. The van der Waals surface area contributed by atoms with Crippen LogP contribution in [0.4, 0.5) is 0 Å². The van der Waals surface area contributed by atoms with Crippen LogP contribution in [0.15, 0.2) is 23.1 Å². The van der Waals surface area contributed by atoms with Gasteiger partial charge in [-0.1, -0.05) is 6.07 Å². The Morgan fingerprint density at radius 2 is 1.83 bits per heavy atom. The maximum atomic E-state index is 13.2. The number of amides is 2. The predicted molar refractivity (Wildman–Crippen MR) is 107 cm³/mol. The predicted octanol–water partition coefficient (Wildman–Crippen LogP) is 0.816. The Morgan fingerprint density at radius 3 is 2.55 bits per heavy atom. The number of carbonyl (C=O) groups excluding carboxylic acids is 2. The SMILES string of the molecule is NC(=O)C1CCN(C(=O)[C@H]2CCCN(S(=O)(=O)c3cccc4nsnc34)C2)CC1. The van der Waals surface area contributed by atoms with Gasteiger partial charge in [-0.25, -0.2) is 8.42 Å². The summed E-state index contributed by atoms with van der Waals surface area (Å²) in [6.45, 7) is 1.51. The van der Waals surface area contributed by atoms with E-state index < -0.39 is 10.0 Å². The van der Waals surface area contributed by atoms with Crippen LogP contribution in [-0.4, -0.2) is 64.4 Å². The number of nitrogens with zero attached hydrogens (tertiary/aromatic N) is 4. The van der Waals surface area contributed by atoms with E-state index in [4.69, 9.17) is 5.73 Å². The molecule has 2 N–H and O–H groups in total. The summed E-state index contributed by atoms with van der Waals surface area (Å²) in [4.78, 5) is 26.2. The average molecular weight is 438 g/mol. The fourth-order valence-electron chi connectivity index (χ4n) is 4.13. The van der Waals surface area contributed by atoms with Crippen LogP contribution in [0.25, 0.3) is 11.0 Å². The van der Waals surface area contributed by atoms with Crippen LogP contribution in [0.3, 0.4) is 0 Å². The summed E-state index contributed by atoms with van der Waals surface area (Å²) in [5.41, 5.74) is 6.29. The summed E-state index contributed by atoms with van der Waals surface area (Å²) in [7, 11) is -3.77. The van der Waals surface area contributed by atoms with Crippen LogP contribution in [0.1, 0.15) is 25.7 Å². The summed E-state index contributed by atoms with van der Waals surface area (Å²) in [6.07, 6.45) is 2.41. The molecule has 0 radical (unpaired) electrons. The number of piperidine rings is 2. The van der Waals surface area contributed by atoms with Crippen LogP contribution in [0, 0.1) is 11.8 Å². The van der Waals surface area contributed by atoms with Gasteiger partial charge in [0.05, 0.1) is 17.6 Å². The number of hydrogen-bond acceptors (Lipinski definition) is 7. The van der Waals surface area contributed by atoms with E-state index >= 15 is 0 Å². The van der Waals surface area contributed by atoms with Gasteiger partial charge in [-0.05, 0) is 37.8 Å². The van der Waals surface area contributed by atoms with Crippen molar-refractivity contribution in [3.63, 3.8) is 0 Å². The van der Waals surface area contributed by atoms with Crippen LogP contribution in [0.2, 0.25) is 0 Å². The number of rotatable bonds is 4. The molecule has 0 aliphatic carbocycles. The molecule has 0 saturated carbocycles. The van der Waals surface area contributed by atoms with Gasteiger partial charge in [0.1, 0.15) is 15.9 Å². The van der Waals surface area contributed by atoms with Gasteiger partial charge < -0.3 is 10.6 Å². The molecule has 1 atom stereocenters. The first-order chi connectivity index (χ1) is 13.9. The number of sulfonamides is 1. The van der Waals surface area contributed by atoms with Gasteiger partial charge >= 0.3 is 0 Å². The van der Waals surface area contributed by atoms with Gasteiger partial charge in [0.2, 0.25) is 21.8 Å². The molecule has 2 aliphatic heterocycles. The molecule has 2 saturated heterocycles. The fourth-order valence-corrected chi connectivity index (χ4v) is 6.41. The zero-order valence-electron chi connectivity index (χ0n) is 15.9. The molecule has 156 valence electrons. The lowest BCUT2D eigenvalue weighted by Crippen LogP contribution is -2.49. The highest BCUT2D eigenvalue weighted by atomic mass is 32.2. The Balaban J connectivity index is 1.49. The first-order valence-electron chi connectivity index (χ1n) is 9.67. The Bertz CT molecular complexity index is 1030. The van der Waals surface area contributed by atoms with Crippen molar-refractivity contribution in [3.8, 4) is 0 Å². The third-order valence-electron chi connectivity index (χ3n) is 5.81. The smallest absolute Gasteiger partial charge is 0.245 e. The second kappa shape index (κ2) is 7.96. The molecule has 2 amide bonds. The maximum Gasteiger partial charge on any atom is 0.245 e. The molecule has 0 unspecified atom stereocenters. The summed E-state index contributed by atoms with van der Waals surface area (Å²) in [6, 6.07) is 4.93. The summed E-state index contributed by atoms with van der Waals surface area (Å²) in [5.74, 6) is -0.926. The van der Waals surface area contributed by atoms with E-state index in [2.05, 4.69) is 8.75 Å². The molecule has 2 fully saturated rings. The van der Waals surface area contributed by atoms with E-state index in [0.717, 1.165) is 11.7 Å². The minimum atomic E-state index is -3.77. The Hall–Kier alpha value is -2.11. The number of primary amides is 1. The van der Waals surface area contributed by atoms with Crippen molar-refractivity contribution in [2.45, 2.75) is 30.6 Å². The van der Waals surface area contributed by atoms with Crippen molar-refractivity contribution >= 4 is 44.6 Å². The number of nitrogens with two attached hydrogens (primary N) is 1. The lowest BCUT2D eigenvalue weighted by Gasteiger charge is -2.36. The van der Waals surface area contributed by atoms with E-state index in [-0.39, 0.29) is 35.1 Å². The lowest BCUT2D eigenvalue weighted by molar-refractivity contribution is -0.139. The van der Waals surface area contributed by atoms with E-state index in [1.54, 1.807) is 23.1 Å². The number of aromatic nitrogens is 2. The van der Waals surface area contributed by atoms with Gasteiger partial charge in [0, 0.05) is 32.1 Å². The largest absolute Gasteiger partial charge is 0.369 e. The van der Waals surface area contributed by atoms with Crippen molar-refractivity contribution in [3.05, 3.63) is 18.2 Å². The molecular formula is C18H23N5O4S2. The first-order valence-corrected chi connectivity index (χ1v) is 11.8. The molecular weight excluding hydrogens is 414 g/mol. The van der Waals surface area contributed by atoms with E-state index in [1.807, 2.05) is 0 Å². The zero-order valence-corrected chi connectivity index (χ0v) is 17.5. The number of carbonyl (C=O) groups is 2.